The fourth-order valence-corrected chi connectivity index (χ4v) is 1.56. The summed E-state index contributed by atoms with van der Waals surface area (Å²) in [5, 5.41) is 13.7. The van der Waals surface area contributed by atoms with Gasteiger partial charge < -0.3 is 20.2 Å². The molecule has 1 aromatic heterocycles. The molecule has 1 rings (SSSR count). The van der Waals surface area contributed by atoms with E-state index in [1.54, 1.807) is 0 Å². The van der Waals surface area contributed by atoms with E-state index in [0.717, 1.165) is 0 Å². The summed E-state index contributed by atoms with van der Waals surface area (Å²) in [6.07, 6.45) is 0.334. The largest absolute Gasteiger partial charge is 0.475 e. The van der Waals surface area contributed by atoms with Crippen LogP contribution in [0.4, 0.5) is 0 Å². The van der Waals surface area contributed by atoms with Crippen molar-refractivity contribution in [1.82, 2.24) is 10.6 Å². The van der Waals surface area contributed by atoms with E-state index in [9.17, 15) is 14.4 Å². The van der Waals surface area contributed by atoms with Crippen molar-refractivity contribution in [2.75, 3.05) is 6.54 Å². The maximum absolute atomic E-state index is 11.5. The Balaban J connectivity index is 2.31. The van der Waals surface area contributed by atoms with Gasteiger partial charge in [-0.05, 0) is 17.5 Å². The normalized spacial score (nSPS) is 11.0. The molecule has 0 aliphatic rings. The molecule has 116 valence electrons. The fourth-order valence-electron chi connectivity index (χ4n) is 1.56. The van der Waals surface area contributed by atoms with Gasteiger partial charge in [0.25, 0.3) is 0 Å². The molecule has 1 aromatic rings. The van der Waals surface area contributed by atoms with Crippen molar-refractivity contribution in [3.8, 4) is 0 Å². The number of carbonyl (C=O) groups is 3. The predicted octanol–water partition coefficient (Wildman–Crippen LogP) is 1.15. The molecule has 0 spiro atoms. The number of carbonyl (C=O) groups excluding carboxylic acids is 2. The monoisotopic (exact) mass is 296 g/mol. The van der Waals surface area contributed by atoms with Gasteiger partial charge in [0.05, 0.1) is 13.1 Å². The van der Waals surface area contributed by atoms with Crippen molar-refractivity contribution in [3.05, 3.63) is 23.7 Å². The summed E-state index contributed by atoms with van der Waals surface area (Å²) in [4.78, 5) is 33.7. The molecule has 0 saturated heterocycles. The highest BCUT2D eigenvalue weighted by atomic mass is 16.4. The van der Waals surface area contributed by atoms with E-state index in [-0.39, 0.29) is 36.1 Å². The van der Waals surface area contributed by atoms with E-state index < -0.39 is 5.97 Å². The third-order valence-electron chi connectivity index (χ3n) is 2.47. The van der Waals surface area contributed by atoms with Gasteiger partial charge in [0.1, 0.15) is 5.76 Å². The molecule has 0 aromatic carbocycles. The van der Waals surface area contributed by atoms with Crippen LogP contribution in [0.3, 0.4) is 0 Å². The van der Waals surface area contributed by atoms with Crippen molar-refractivity contribution in [3.63, 3.8) is 0 Å². The van der Waals surface area contributed by atoms with Crippen LogP contribution >= 0.6 is 0 Å². The number of hydrogen-bond donors (Lipinski definition) is 3. The molecule has 7 nitrogen and oxygen atoms in total. The van der Waals surface area contributed by atoms with Crippen molar-refractivity contribution in [2.24, 2.45) is 5.41 Å². The van der Waals surface area contributed by atoms with Crippen molar-refractivity contribution < 1.29 is 23.9 Å². The summed E-state index contributed by atoms with van der Waals surface area (Å²) in [5.41, 5.74) is -0.137. The average Bonchev–Trinajstić information content (AvgIpc) is 2.80. The Morgan fingerprint density at radius 1 is 1.14 bits per heavy atom. The van der Waals surface area contributed by atoms with E-state index in [1.807, 2.05) is 20.8 Å². The molecule has 0 aliphatic heterocycles. The minimum Gasteiger partial charge on any atom is -0.475 e. The van der Waals surface area contributed by atoms with Crippen LogP contribution in [0.1, 0.15) is 43.5 Å². The van der Waals surface area contributed by atoms with Gasteiger partial charge in [-0.1, -0.05) is 20.8 Å². The van der Waals surface area contributed by atoms with Gasteiger partial charge >= 0.3 is 5.97 Å². The van der Waals surface area contributed by atoms with Crippen molar-refractivity contribution in [2.45, 2.75) is 33.7 Å². The summed E-state index contributed by atoms with van der Waals surface area (Å²) in [5.74, 6) is -1.57. The van der Waals surface area contributed by atoms with Crippen LogP contribution in [0.5, 0.6) is 0 Å². The minimum absolute atomic E-state index is 0.0707. The van der Waals surface area contributed by atoms with E-state index in [1.165, 1.54) is 12.1 Å². The topological polar surface area (TPSA) is 109 Å². The standard InChI is InChI=1S/C14H20N2O5/c1-14(2,3)6-11(17)16-8-12(18)15-7-9-4-5-10(21-9)13(19)20/h4-5H,6-8H2,1-3H3,(H,15,18)(H,16,17)(H,19,20). The van der Waals surface area contributed by atoms with Crippen molar-refractivity contribution in [1.29, 1.82) is 0 Å². The lowest BCUT2D eigenvalue weighted by atomic mass is 9.92. The van der Waals surface area contributed by atoms with E-state index >= 15 is 0 Å². The highest BCUT2D eigenvalue weighted by Gasteiger charge is 2.16. The van der Waals surface area contributed by atoms with E-state index in [2.05, 4.69) is 10.6 Å². The number of furan rings is 1. The van der Waals surface area contributed by atoms with Gasteiger partial charge in [-0.15, -0.1) is 0 Å². The van der Waals surface area contributed by atoms with Gasteiger partial charge in [-0.3, -0.25) is 9.59 Å². The molecule has 2 amide bonds. The number of aromatic carboxylic acids is 1. The summed E-state index contributed by atoms with van der Waals surface area (Å²) in [6.45, 7) is 5.75. The van der Waals surface area contributed by atoms with Crippen LogP contribution in [0.25, 0.3) is 0 Å². The maximum Gasteiger partial charge on any atom is 0.371 e. The summed E-state index contributed by atoms with van der Waals surface area (Å²) >= 11 is 0. The molecular formula is C14H20N2O5. The number of nitrogens with one attached hydrogen (secondary N) is 2. The first-order valence-electron chi connectivity index (χ1n) is 6.53. The predicted molar refractivity (Wildman–Crippen MR) is 74.6 cm³/mol. The first-order chi connectivity index (χ1) is 9.67. The van der Waals surface area contributed by atoms with Gasteiger partial charge in [-0.2, -0.15) is 0 Å². The quantitative estimate of drug-likeness (QED) is 0.729. The Kier molecular flexibility index (Phi) is 5.52. The molecule has 0 saturated carbocycles. The molecular weight excluding hydrogens is 276 g/mol. The molecule has 0 atom stereocenters. The molecule has 7 heteroatoms. The number of carboxylic acid groups (broad SMARTS) is 1. The van der Waals surface area contributed by atoms with Crippen LogP contribution in [0, 0.1) is 5.41 Å². The zero-order chi connectivity index (χ0) is 16.0. The molecule has 0 unspecified atom stereocenters. The Morgan fingerprint density at radius 2 is 1.81 bits per heavy atom. The molecule has 0 aliphatic carbocycles. The molecule has 0 radical (unpaired) electrons. The molecule has 3 N–H and O–H groups in total. The lowest BCUT2D eigenvalue weighted by molar-refractivity contribution is -0.127. The van der Waals surface area contributed by atoms with Crippen molar-refractivity contribution >= 4 is 17.8 Å². The summed E-state index contributed by atoms with van der Waals surface area (Å²) in [7, 11) is 0. The van der Waals surface area contributed by atoms with Crippen LogP contribution < -0.4 is 10.6 Å². The van der Waals surface area contributed by atoms with Crippen LogP contribution in [-0.2, 0) is 16.1 Å². The minimum atomic E-state index is -1.16. The lowest BCUT2D eigenvalue weighted by Gasteiger charge is -2.17. The third-order valence-corrected chi connectivity index (χ3v) is 2.47. The van der Waals surface area contributed by atoms with Crippen LogP contribution in [0.15, 0.2) is 16.5 Å². The smallest absolute Gasteiger partial charge is 0.371 e. The second kappa shape index (κ2) is 6.92. The number of rotatable bonds is 6. The van der Waals surface area contributed by atoms with Crippen LogP contribution in [0.2, 0.25) is 0 Å². The fraction of sp³-hybridized carbons (Fsp3) is 0.500. The molecule has 1 heterocycles. The highest BCUT2D eigenvalue weighted by Crippen LogP contribution is 2.17. The van der Waals surface area contributed by atoms with Gasteiger partial charge in [-0.25, -0.2) is 4.79 Å². The van der Waals surface area contributed by atoms with Crippen LogP contribution in [-0.4, -0.2) is 29.4 Å². The second-order valence-corrected chi connectivity index (χ2v) is 5.86. The van der Waals surface area contributed by atoms with E-state index in [0.29, 0.717) is 12.2 Å². The number of hydrogen-bond acceptors (Lipinski definition) is 4. The molecule has 0 bridgehead atoms. The average molecular weight is 296 g/mol. The first kappa shape index (κ1) is 16.7. The highest BCUT2D eigenvalue weighted by molar-refractivity contribution is 5.85. The van der Waals surface area contributed by atoms with Gasteiger partial charge in [0.2, 0.25) is 17.6 Å². The number of amides is 2. The Labute approximate surface area is 122 Å². The molecule has 0 fully saturated rings. The number of carboxylic acids is 1. The summed E-state index contributed by atoms with van der Waals surface area (Å²) < 4.78 is 4.99. The molecule has 21 heavy (non-hydrogen) atoms. The maximum atomic E-state index is 11.5. The Hall–Kier alpha value is -2.31. The second-order valence-electron chi connectivity index (χ2n) is 5.86. The SMILES string of the molecule is CC(C)(C)CC(=O)NCC(=O)NCc1ccc(C(=O)O)o1. The third kappa shape index (κ3) is 6.60. The zero-order valence-electron chi connectivity index (χ0n) is 12.4. The Morgan fingerprint density at radius 3 is 2.33 bits per heavy atom. The first-order valence-corrected chi connectivity index (χ1v) is 6.53. The summed E-state index contributed by atoms with van der Waals surface area (Å²) in [6, 6.07) is 2.79. The lowest BCUT2D eigenvalue weighted by Crippen LogP contribution is -2.37. The zero-order valence-corrected chi connectivity index (χ0v) is 12.4. The Bertz CT molecular complexity index is 528. The van der Waals surface area contributed by atoms with Gasteiger partial charge in [0.15, 0.2) is 0 Å². The van der Waals surface area contributed by atoms with E-state index in [4.69, 9.17) is 9.52 Å². The van der Waals surface area contributed by atoms with Gasteiger partial charge in [0, 0.05) is 6.42 Å².